The van der Waals surface area contributed by atoms with Gasteiger partial charge in [0, 0.05) is 38.5 Å². The van der Waals surface area contributed by atoms with Gasteiger partial charge in [0.1, 0.15) is 6.10 Å². The molecule has 0 aliphatic carbocycles. The van der Waals surface area contributed by atoms with Crippen LogP contribution in [0, 0.1) is 0 Å². The lowest BCUT2D eigenvalue weighted by molar-refractivity contribution is -0.956. The van der Waals surface area contributed by atoms with Gasteiger partial charge in [-0.2, -0.15) is 0 Å². The molecule has 2 atom stereocenters. The predicted octanol–water partition coefficient (Wildman–Crippen LogP) is 7.27. The maximum absolute atomic E-state index is 14.4. The minimum atomic E-state index is -1.58. The molecule has 42 heavy (non-hydrogen) atoms. The number of hydrogen-bond acceptors (Lipinski definition) is 6. The maximum Gasteiger partial charge on any atom is 0.510 e. The fraction of sp³-hybridized carbons (Fsp3) is 0.600. The van der Waals surface area contributed by atoms with Gasteiger partial charge in [-0.3, -0.25) is 0 Å². The predicted molar refractivity (Wildman–Crippen MR) is 161 cm³/mol. The van der Waals surface area contributed by atoms with Crippen molar-refractivity contribution in [1.82, 2.24) is 0 Å². The van der Waals surface area contributed by atoms with Crippen LogP contribution >= 0.6 is 0 Å². The second kappa shape index (κ2) is 14.5. The van der Waals surface area contributed by atoms with Gasteiger partial charge in [0.15, 0.2) is 6.79 Å². The normalized spacial score (nSPS) is 22.6. The van der Waals surface area contributed by atoms with Crippen LogP contribution in [0.3, 0.4) is 0 Å². The second-order valence-corrected chi connectivity index (χ2v) is 12.3. The van der Waals surface area contributed by atoms with Crippen LogP contribution in [0.4, 0.5) is 4.79 Å². The Bertz CT molecular complexity index is 1080. The molecule has 0 amide bonds. The number of benzene rings is 2. The average Bonchev–Trinajstić information content (AvgIpc) is 3.56. The van der Waals surface area contributed by atoms with Crippen LogP contribution in [-0.4, -0.2) is 61.3 Å². The van der Waals surface area contributed by atoms with Gasteiger partial charge in [-0.25, -0.2) is 9.59 Å². The molecule has 7 nitrogen and oxygen atoms in total. The maximum atomic E-state index is 14.4. The SMILES string of the molecule is CCCCCCCCOC(=O)OCOC(C(=O)OC1CC2CCC(C1)[N+]21CCCC1)(c1ccccc1)c1ccccc1. The monoisotopic (exact) mass is 578 g/mol. The minimum absolute atomic E-state index is 0.155. The number of carbonyl (C=O) groups excluding carboxylic acids is 2. The first-order valence-electron chi connectivity index (χ1n) is 16.2. The van der Waals surface area contributed by atoms with Crippen molar-refractivity contribution in [2.45, 2.75) is 108 Å². The van der Waals surface area contributed by atoms with Crippen LogP contribution in [0.1, 0.15) is 95.1 Å². The van der Waals surface area contributed by atoms with Crippen LogP contribution in [-0.2, 0) is 29.3 Å². The number of hydrogen-bond donors (Lipinski definition) is 0. The van der Waals surface area contributed by atoms with Crippen LogP contribution in [0.15, 0.2) is 60.7 Å². The average molecular weight is 579 g/mol. The molecule has 3 aliphatic heterocycles. The molecular weight excluding hydrogens is 530 g/mol. The van der Waals surface area contributed by atoms with Gasteiger partial charge >= 0.3 is 12.1 Å². The Hall–Kier alpha value is -2.90. The molecule has 0 aromatic heterocycles. The van der Waals surface area contributed by atoms with Crippen molar-refractivity contribution in [3.05, 3.63) is 71.8 Å². The highest BCUT2D eigenvalue weighted by Crippen LogP contribution is 2.47. The highest BCUT2D eigenvalue weighted by Gasteiger charge is 2.57. The van der Waals surface area contributed by atoms with Crippen molar-refractivity contribution in [2.24, 2.45) is 0 Å². The standard InChI is InChI=1S/C35H48NO6/c1-2-3-4-5-6-15-24-39-34(38)40-27-41-35(28-16-9-7-10-17-28,29-18-11-8-12-19-29)33(37)42-32-25-30-20-21-31(26-32)36(30)22-13-14-23-36/h7-12,16-19,30-32H,2-6,13-15,20-27H2,1H3/q+1. The summed E-state index contributed by atoms with van der Waals surface area (Å²) < 4.78 is 24.5. The number of quaternary nitrogens is 1. The van der Waals surface area contributed by atoms with E-state index in [4.69, 9.17) is 18.9 Å². The van der Waals surface area contributed by atoms with E-state index in [-0.39, 0.29) is 6.10 Å². The van der Waals surface area contributed by atoms with Crippen molar-refractivity contribution < 1.29 is 33.0 Å². The van der Waals surface area contributed by atoms with Gasteiger partial charge in [0.25, 0.3) is 0 Å². The Balaban J connectivity index is 1.27. The molecule has 2 aromatic rings. The second-order valence-electron chi connectivity index (χ2n) is 12.3. The lowest BCUT2D eigenvalue weighted by atomic mass is 9.85. The molecular formula is C35H48NO6+. The lowest BCUT2D eigenvalue weighted by Gasteiger charge is -2.47. The smallest absolute Gasteiger partial charge is 0.459 e. The van der Waals surface area contributed by atoms with Crippen molar-refractivity contribution in [1.29, 1.82) is 0 Å². The Morgan fingerprint density at radius 3 is 1.95 bits per heavy atom. The van der Waals surface area contributed by atoms with Gasteiger partial charge in [-0.05, 0) is 17.5 Å². The van der Waals surface area contributed by atoms with Crippen LogP contribution < -0.4 is 0 Å². The van der Waals surface area contributed by atoms with Gasteiger partial charge in [0.05, 0.1) is 31.8 Å². The summed E-state index contributed by atoms with van der Waals surface area (Å²) in [5, 5.41) is 0. The quantitative estimate of drug-likeness (QED) is 0.102. The molecule has 0 radical (unpaired) electrons. The molecule has 228 valence electrons. The summed E-state index contributed by atoms with van der Waals surface area (Å²) in [5.41, 5.74) is -0.322. The first-order chi connectivity index (χ1) is 20.6. The summed E-state index contributed by atoms with van der Waals surface area (Å²) in [7, 11) is 0. The van der Waals surface area contributed by atoms with E-state index in [2.05, 4.69) is 6.92 Å². The zero-order chi connectivity index (χ0) is 29.3. The van der Waals surface area contributed by atoms with Gasteiger partial charge in [-0.1, -0.05) is 99.7 Å². The van der Waals surface area contributed by atoms with Gasteiger partial charge in [0.2, 0.25) is 5.60 Å². The van der Waals surface area contributed by atoms with Crippen molar-refractivity contribution in [3.63, 3.8) is 0 Å². The first kappa shape index (κ1) is 30.6. The molecule has 2 bridgehead atoms. The molecule has 7 heteroatoms. The summed E-state index contributed by atoms with van der Waals surface area (Å²) >= 11 is 0. The Kier molecular flexibility index (Phi) is 10.6. The van der Waals surface area contributed by atoms with Crippen molar-refractivity contribution in [3.8, 4) is 0 Å². The van der Waals surface area contributed by atoms with E-state index in [0.717, 1.165) is 32.1 Å². The number of ether oxygens (including phenoxy) is 4. The number of unbranched alkanes of at least 4 members (excludes halogenated alkanes) is 5. The van der Waals surface area contributed by atoms with E-state index in [0.29, 0.717) is 29.8 Å². The van der Waals surface area contributed by atoms with E-state index < -0.39 is 24.5 Å². The zero-order valence-corrected chi connectivity index (χ0v) is 25.2. The molecule has 0 N–H and O–H groups in total. The molecule has 1 spiro atoms. The first-order valence-corrected chi connectivity index (χ1v) is 16.2. The topological polar surface area (TPSA) is 71.1 Å². The largest absolute Gasteiger partial charge is 0.510 e. The number of nitrogens with zero attached hydrogens (tertiary/aromatic N) is 1. The van der Waals surface area contributed by atoms with E-state index in [1.807, 2.05) is 60.7 Å². The molecule has 3 fully saturated rings. The fourth-order valence-electron chi connectivity index (χ4n) is 7.76. The van der Waals surface area contributed by atoms with E-state index >= 15 is 0 Å². The molecule has 3 saturated heterocycles. The number of rotatable bonds is 14. The summed E-state index contributed by atoms with van der Waals surface area (Å²) in [4.78, 5) is 26.7. The molecule has 5 rings (SSSR count). The number of carbonyl (C=O) groups is 2. The van der Waals surface area contributed by atoms with E-state index in [1.165, 1.54) is 62.5 Å². The van der Waals surface area contributed by atoms with Crippen LogP contribution in [0.25, 0.3) is 0 Å². The van der Waals surface area contributed by atoms with E-state index in [1.54, 1.807) is 0 Å². The van der Waals surface area contributed by atoms with Crippen molar-refractivity contribution >= 4 is 12.1 Å². The third-order valence-corrected chi connectivity index (χ3v) is 9.85. The summed E-state index contributed by atoms with van der Waals surface area (Å²) in [6.07, 6.45) is 12.5. The molecule has 3 aliphatic rings. The van der Waals surface area contributed by atoms with Gasteiger partial charge in [-0.15, -0.1) is 0 Å². The van der Waals surface area contributed by atoms with Crippen LogP contribution in [0.2, 0.25) is 0 Å². The molecule has 0 saturated carbocycles. The number of piperidine rings is 1. The minimum Gasteiger partial charge on any atom is -0.459 e. The Morgan fingerprint density at radius 1 is 0.786 bits per heavy atom. The number of esters is 1. The third kappa shape index (κ3) is 6.68. The molecule has 2 aromatic carbocycles. The third-order valence-electron chi connectivity index (χ3n) is 9.85. The lowest BCUT2D eigenvalue weighted by Crippen LogP contribution is -2.60. The summed E-state index contributed by atoms with van der Waals surface area (Å²) in [6.45, 7) is 4.59. The highest BCUT2D eigenvalue weighted by atomic mass is 16.8. The summed E-state index contributed by atoms with van der Waals surface area (Å²) in [6, 6.07) is 19.9. The fourth-order valence-corrected chi connectivity index (χ4v) is 7.76. The Labute approximate surface area is 251 Å². The molecule has 2 unspecified atom stereocenters. The highest BCUT2D eigenvalue weighted by molar-refractivity contribution is 5.86. The van der Waals surface area contributed by atoms with Crippen molar-refractivity contribution in [2.75, 3.05) is 26.5 Å². The van der Waals surface area contributed by atoms with Crippen LogP contribution in [0.5, 0.6) is 0 Å². The molecule has 3 heterocycles. The van der Waals surface area contributed by atoms with E-state index in [9.17, 15) is 9.59 Å². The summed E-state index contributed by atoms with van der Waals surface area (Å²) in [5.74, 6) is -0.469. The zero-order valence-electron chi connectivity index (χ0n) is 25.2. The Morgan fingerprint density at radius 2 is 1.36 bits per heavy atom. The van der Waals surface area contributed by atoms with Gasteiger partial charge < -0.3 is 23.4 Å².